The molecular formula is C20H21ClN2O5. The molecule has 1 aromatic carbocycles. The molecule has 0 saturated heterocycles. The van der Waals surface area contributed by atoms with Gasteiger partial charge in [0.15, 0.2) is 11.4 Å². The molecule has 28 heavy (non-hydrogen) atoms. The molecule has 0 radical (unpaired) electrons. The van der Waals surface area contributed by atoms with Crippen molar-refractivity contribution in [2.24, 2.45) is 0 Å². The molecule has 7 nitrogen and oxygen atoms in total. The van der Waals surface area contributed by atoms with Gasteiger partial charge in [0.1, 0.15) is 5.56 Å². The van der Waals surface area contributed by atoms with Crippen LogP contribution in [0.1, 0.15) is 46.2 Å². The van der Waals surface area contributed by atoms with E-state index in [-0.39, 0.29) is 24.0 Å². The van der Waals surface area contributed by atoms with Gasteiger partial charge in [0, 0.05) is 30.9 Å². The predicted molar refractivity (Wildman–Crippen MR) is 104 cm³/mol. The highest BCUT2D eigenvalue weighted by atomic mass is 35.5. The fourth-order valence-corrected chi connectivity index (χ4v) is 3.34. The molecule has 1 N–H and O–H groups in total. The number of nitrogens with zero attached hydrogens (tertiary/aromatic N) is 2. The first-order valence-electron chi connectivity index (χ1n) is 9.09. The van der Waals surface area contributed by atoms with Gasteiger partial charge in [0.05, 0.1) is 6.61 Å². The van der Waals surface area contributed by atoms with Crippen LogP contribution in [0.15, 0.2) is 35.3 Å². The Kier molecular flexibility index (Phi) is 6.04. The third-order valence-electron chi connectivity index (χ3n) is 4.58. The Labute approximate surface area is 167 Å². The first-order valence-corrected chi connectivity index (χ1v) is 9.47. The number of rotatable bonds is 7. The number of carbonyl (C=O) groups excluding carboxylic acids is 1. The largest absolute Gasteiger partial charge is 0.487 e. The van der Waals surface area contributed by atoms with Crippen molar-refractivity contribution in [2.75, 3.05) is 13.2 Å². The number of aromatic nitrogens is 1. The maximum atomic E-state index is 13.1. The van der Waals surface area contributed by atoms with Gasteiger partial charge in [-0.2, -0.15) is 0 Å². The highest BCUT2D eigenvalue weighted by Gasteiger charge is 2.31. The minimum Gasteiger partial charge on any atom is -0.487 e. The maximum absolute atomic E-state index is 13.1. The number of aromatic carboxylic acids is 1. The van der Waals surface area contributed by atoms with Crippen molar-refractivity contribution in [1.29, 1.82) is 0 Å². The number of pyridine rings is 1. The number of ether oxygens (including phenoxy) is 1. The van der Waals surface area contributed by atoms with Crippen LogP contribution >= 0.6 is 11.6 Å². The van der Waals surface area contributed by atoms with Gasteiger partial charge in [-0.3, -0.25) is 9.59 Å². The summed E-state index contributed by atoms with van der Waals surface area (Å²) in [4.78, 5) is 38.8. The van der Waals surface area contributed by atoms with E-state index < -0.39 is 17.0 Å². The Morgan fingerprint density at radius 2 is 2.07 bits per heavy atom. The number of amides is 1. The lowest BCUT2D eigenvalue weighted by molar-refractivity contribution is 0.0661. The average molecular weight is 405 g/mol. The minimum absolute atomic E-state index is 0.0966. The number of halogens is 1. The Hall–Kier alpha value is -2.80. The third-order valence-corrected chi connectivity index (χ3v) is 4.81. The normalized spacial score (nSPS) is 13.4. The molecule has 3 rings (SSSR count). The molecule has 2 heterocycles. The lowest BCUT2D eigenvalue weighted by Crippen LogP contribution is -2.42. The summed E-state index contributed by atoms with van der Waals surface area (Å²) in [5, 5.41) is 9.90. The van der Waals surface area contributed by atoms with E-state index in [1.165, 1.54) is 10.8 Å². The lowest BCUT2D eigenvalue weighted by Gasteiger charge is -2.31. The fraction of sp³-hybridized carbons (Fsp3) is 0.350. The lowest BCUT2D eigenvalue weighted by atomic mass is 10.1. The van der Waals surface area contributed by atoms with Crippen LogP contribution in [-0.2, 0) is 13.1 Å². The van der Waals surface area contributed by atoms with Crippen LogP contribution < -0.4 is 10.2 Å². The van der Waals surface area contributed by atoms with Crippen molar-refractivity contribution in [1.82, 2.24) is 9.47 Å². The maximum Gasteiger partial charge on any atom is 0.341 e. The summed E-state index contributed by atoms with van der Waals surface area (Å²) >= 11 is 6.02. The van der Waals surface area contributed by atoms with Crippen molar-refractivity contribution in [3.63, 3.8) is 0 Å². The molecule has 0 bridgehead atoms. The van der Waals surface area contributed by atoms with Crippen LogP contribution in [0.3, 0.4) is 0 Å². The molecule has 1 amide bonds. The van der Waals surface area contributed by atoms with E-state index in [2.05, 4.69) is 0 Å². The molecule has 0 atom stereocenters. The number of carboxylic acid groups (broad SMARTS) is 1. The highest BCUT2D eigenvalue weighted by Crippen LogP contribution is 2.24. The highest BCUT2D eigenvalue weighted by molar-refractivity contribution is 6.30. The number of fused-ring (bicyclic) bond motifs is 1. The molecule has 0 spiro atoms. The zero-order valence-corrected chi connectivity index (χ0v) is 16.2. The quantitative estimate of drug-likeness (QED) is 0.716. The van der Waals surface area contributed by atoms with Crippen LogP contribution in [0.25, 0.3) is 0 Å². The summed E-state index contributed by atoms with van der Waals surface area (Å²) < 4.78 is 7.09. The summed E-state index contributed by atoms with van der Waals surface area (Å²) in [7, 11) is 0. The van der Waals surface area contributed by atoms with E-state index in [9.17, 15) is 19.5 Å². The van der Waals surface area contributed by atoms with Crippen LogP contribution in [0.2, 0.25) is 5.02 Å². The van der Waals surface area contributed by atoms with E-state index in [0.717, 1.165) is 12.0 Å². The summed E-state index contributed by atoms with van der Waals surface area (Å²) in [6, 6.07) is 7.21. The van der Waals surface area contributed by atoms with Crippen molar-refractivity contribution < 1.29 is 19.4 Å². The van der Waals surface area contributed by atoms with Crippen molar-refractivity contribution in [3.05, 3.63) is 62.5 Å². The van der Waals surface area contributed by atoms with Gasteiger partial charge >= 0.3 is 5.97 Å². The molecule has 0 unspecified atom stereocenters. The zero-order valence-electron chi connectivity index (χ0n) is 15.5. The van der Waals surface area contributed by atoms with Crippen molar-refractivity contribution in [2.45, 2.75) is 32.9 Å². The Balaban J connectivity index is 1.99. The average Bonchev–Trinajstić information content (AvgIpc) is 2.65. The van der Waals surface area contributed by atoms with E-state index >= 15 is 0 Å². The number of unbranched alkanes of at least 4 members (excludes halogenated alkanes) is 1. The van der Waals surface area contributed by atoms with Crippen LogP contribution in [-0.4, -0.2) is 39.6 Å². The fourth-order valence-electron chi connectivity index (χ4n) is 3.13. The summed E-state index contributed by atoms with van der Waals surface area (Å²) in [5.41, 5.74) is -0.203. The molecule has 0 fully saturated rings. The van der Waals surface area contributed by atoms with E-state index in [4.69, 9.17) is 16.3 Å². The van der Waals surface area contributed by atoms with Crippen molar-refractivity contribution in [3.8, 4) is 5.75 Å². The van der Waals surface area contributed by atoms with Crippen LogP contribution in [0.4, 0.5) is 0 Å². The molecule has 1 aliphatic heterocycles. The smallest absolute Gasteiger partial charge is 0.341 e. The minimum atomic E-state index is -1.34. The third kappa shape index (κ3) is 4.04. The molecular weight excluding hydrogens is 384 g/mol. The van der Waals surface area contributed by atoms with Gasteiger partial charge in [0.2, 0.25) is 5.43 Å². The number of carboxylic acids is 1. The predicted octanol–water partition coefficient (Wildman–Crippen LogP) is 3.03. The standard InChI is InChI=1S/C20H21ClN2O5/c1-2-3-9-28-18-16-19(25)23(11-13-5-4-6-14(21)10-13)8-7-22(16)12-15(17(18)24)20(26)27/h4-6,10,12H,2-3,7-9,11H2,1H3,(H,26,27). The number of carbonyl (C=O) groups is 2. The van der Waals surface area contributed by atoms with Gasteiger partial charge in [-0.15, -0.1) is 0 Å². The second kappa shape index (κ2) is 8.48. The number of hydrogen-bond acceptors (Lipinski definition) is 4. The molecule has 2 aromatic rings. The van der Waals surface area contributed by atoms with Crippen molar-refractivity contribution >= 4 is 23.5 Å². The molecule has 148 valence electrons. The van der Waals surface area contributed by atoms with Gasteiger partial charge in [-0.1, -0.05) is 37.1 Å². The zero-order chi connectivity index (χ0) is 20.3. The second-order valence-corrected chi connectivity index (χ2v) is 7.04. The summed E-state index contributed by atoms with van der Waals surface area (Å²) in [6.45, 7) is 3.30. The number of hydrogen-bond donors (Lipinski definition) is 1. The Bertz CT molecular complexity index is 970. The topological polar surface area (TPSA) is 88.8 Å². The summed E-state index contributed by atoms with van der Waals surface area (Å²) in [5.74, 6) is -1.89. The monoisotopic (exact) mass is 404 g/mol. The van der Waals surface area contributed by atoms with E-state index in [1.807, 2.05) is 19.1 Å². The van der Waals surface area contributed by atoms with E-state index in [1.54, 1.807) is 17.0 Å². The SMILES string of the molecule is CCCCOc1c2n(cc(C(=O)O)c1=O)CCN(Cc1cccc(Cl)c1)C2=O. The van der Waals surface area contributed by atoms with Gasteiger partial charge < -0.3 is 19.3 Å². The van der Waals surface area contributed by atoms with E-state index in [0.29, 0.717) is 31.1 Å². The molecule has 1 aromatic heterocycles. The molecule has 0 saturated carbocycles. The van der Waals surface area contributed by atoms with Gasteiger partial charge in [-0.05, 0) is 24.1 Å². The Morgan fingerprint density at radius 1 is 1.29 bits per heavy atom. The van der Waals surface area contributed by atoms with Gasteiger partial charge in [-0.25, -0.2) is 4.79 Å². The Morgan fingerprint density at radius 3 is 2.75 bits per heavy atom. The van der Waals surface area contributed by atoms with Crippen LogP contribution in [0, 0.1) is 0 Å². The number of benzene rings is 1. The molecule has 0 aliphatic carbocycles. The molecule has 8 heteroatoms. The second-order valence-electron chi connectivity index (χ2n) is 6.61. The first-order chi connectivity index (χ1) is 13.4. The van der Waals surface area contributed by atoms with Gasteiger partial charge in [0.25, 0.3) is 5.91 Å². The first kappa shape index (κ1) is 19.9. The van der Waals surface area contributed by atoms with Crippen LogP contribution in [0.5, 0.6) is 5.75 Å². The summed E-state index contributed by atoms with van der Waals surface area (Å²) in [6.07, 6.45) is 2.76. The molecule has 1 aliphatic rings.